The summed E-state index contributed by atoms with van der Waals surface area (Å²) in [5, 5.41) is 10.5. The van der Waals surface area contributed by atoms with E-state index in [0.29, 0.717) is 17.1 Å². The van der Waals surface area contributed by atoms with Crippen molar-refractivity contribution in [2.45, 2.75) is 12.5 Å². The van der Waals surface area contributed by atoms with E-state index >= 15 is 0 Å². The minimum absolute atomic E-state index is 0.0708. The number of hydrogen-bond acceptors (Lipinski definition) is 5. The SMILES string of the molecule is CN(C)C(=O)c1sc(N2CCC(O)C2)cc1N. The van der Waals surface area contributed by atoms with Crippen molar-refractivity contribution < 1.29 is 9.90 Å². The predicted octanol–water partition coefficient (Wildman–Crippen LogP) is 0.603. The second-order valence-corrected chi connectivity index (χ2v) is 5.49. The number of β-amino-alcohol motifs (C(OH)–C–C–N with tert-alkyl or cyclic N) is 1. The monoisotopic (exact) mass is 255 g/mol. The van der Waals surface area contributed by atoms with Gasteiger partial charge in [0.05, 0.1) is 16.8 Å². The molecule has 5 nitrogen and oxygen atoms in total. The van der Waals surface area contributed by atoms with Crippen molar-refractivity contribution >= 4 is 27.9 Å². The van der Waals surface area contributed by atoms with E-state index in [1.54, 1.807) is 14.1 Å². The Morgan fingerprint density at radius 3 is 2.88 bits per heavy atom. The van der Waals surface area contributed by atoms with E-state index in [-0.39, 0.29) is 12.0 Å². The number of nitrogens with two attached hydrogens (primary N) is 1. The zero-order valence-corrected chi connectivity index (χ0v) is 10.8. The Hall–Kier alpha value is -1.27. The van der Waals surface area contributed by atoms with Gasteiger partial charge >= 0.3 is 0 Å². The van der Waals surface area contributed by atoms with Crippen molar-refractivity contribution in [2.75, 3.05) is 37.8 Å². The van der Waals surface area contributed by atoms with Gasteiger partial charge in [-0.1, -0.05) is 0 Å². The van der Waals surface area contributed by atoms with Gasteiger partial charge in [-0.25, -0.2) is 0 Å². The van der Waals surface area contributed by atoms with Crippen LogP contribution in [0.15, 0.2) is 6.07 Å². The summed E-state index contributed by atoms with van der Waals surface area (Å²) < 4.78 is 0. The fourth-order valence-electron chi connectivity index (χ4n) is 1.86. The van der Waals surface area contributed by atoms with Crippen molar-refractivity contribution in [3.63, 3.8) is 0 Å². The molecule has 6 heteroatoms. The van der Waals surface area contributed by atoms with Crippen LogP contribution in [-0.2, 0) is 0 Å². The largest absolute Gasteiger partial charge is 0.397 e. The molecule has 1 amide bonds. The highest BCUT2D eigenvalue weighted by molar-refractivity contribution is 7.18. The second-order valence-electron chi connectivity index (χ2n) is 4.46. The lowest BCUT2D eigenvalue weighted by molar-refractivity contribution is 0.0833. The number of nitrogen functional groups attached to an aromatic ring is 1. The first-order chi connectivity index (χ1) is 7.99. The first-order valence-electron chi connectivity index (χ1n) is 5.53. The number of aliphatic hydroxyl groups is 1. The summed E-state index contributed by atoms with van der Waals surface area (Å²) in [7, 11) is 3.42. The molecule has 0 saturated carbocycles. The van der Waals surface area contributed by atoms with E-state index in [1.807, 2.05) is 6.07 Å². The van der Waals surface area contributed by atoms with Gasteiger partial charge in [-0.3, -0.25) is 4.79 Å². The van der Waals surface area contributed by atoms with Crippen molar-refractivity contribution in [2.24, 2.45) is 0 Å². The summed E-state index contributed by atoms with van der Waals surface area (Å²) in [6.45, 7) is 1.44. The minimum atomic E-state index is -0.272. The highest BCUT2D eigenvalue weighted by Crippen LogP contribution is 2.34. The minimum Gasteiger partial charge on any atom is -0.397 e. The fourth-order valence-corrected chi connectivity index (χ4v) is 3.00. The third-order valence-corrected chi connectivity index (χ3v) is 4.02. The average Bonchev–Trinajstić information content (AvgIpc) is 2.83. The number of anilines is 2. The summed E-state index contributed by atoms with van der Waals surface area (Å²) in [6, 6.07) is 1.82. The van der Waals surface area contributed by atoms with Gasteiger partial charge in [0, 0.05) is 27.2 Å². The molecule has 1 aromatic heterocycles. The second kappa shape index (κ2) is 4.54. The van der Waals surface area contributed by atoms with Crippen LogP contribution in [0.4, 0.5) is 10.7 Å². The number of nitrogens with zero attached hydrogens (tertiary/aromatic N) is 2. The molecule has 94 valence electrons. The number of rotatable bonds is 2. The molecule has 0 spiro atoms. The zero-order valence-electron chi connectivity index (χ0n) is 10.0. The Kier molecular flexibility index (Phi) is 3.26. The molecule has 1 saturated heterocycles. The molecule has 0 aromatic carbocycles. The van der Waals surface area contributed by atoms with Crippen LogP contribution in [-0.4, -0.2) is 49.2 Å². The van der Waals surface area contributed by atoms with Gasteiger partial charge in [0.1, 0.15) is 4.88 Å². The number of amides is 1. The maximum atomic E-state index is 11.8. The fraction of sp³-hybridized carbons (Fsp3) is 0.545. The number of carbonyl (C=O) groups is 1. The molecule has 0 aliphatic carbocycles. The van der Waals surface area contributed by atoms with Crippen LogP contribution in [0.2, 0.25) is 0 Å². The summed E-state index contributed by atoms with van der Waals surface area (Å²) in [5.74, 6) is -0.0708. The number of carbonyl (C=O) groups excluding carboxylic acids is 1. The Labute approximate surface area is 104 Å². The van der Waals surface area contributed by atoms with Crippen molar-refractivity contribution in [3.05, 3.63) is 10.9 Å². The Morgan fingerprint density at radius 2 is 2.35 bits per heavy atom. The zero-order chi connectivity index (χ0) is 12.6. The molecule has 1 aliphatic rings. The molecule has 17 heavy (non-hydrogen) atoms. The van der Waals surface area contributed by atoms with E-state index in [0.717, 1.165) is 18.0 Å². The average molecular weight is 255 g/mol. The highest BCUT2D eigenvalue weighted by Gasteiger charge is 2.24. The first-order valence-corrected chi connectivity index (χ1v) is 6.34. The lowest BCUT2D eigenvalue weighted by atomic mass is 10.3. The standard InChI is InChI=1S/C11H17N3O2S/c1-13(2)11(16)10-8(12)5-9(17-10)14-4-3-7(15)6-14/h5,7,15H,3-4,6,12H2,1-2H3. The molecule has 0 radical (unpaired) electrons. The van der Waals surface area contributed by atoms with Gasteiger partial charge < -0.3 is 20.6 Å². The lowest BCUT2D eigenvalue weighted by Crippen LogP contribution is -2.21. The molecule has 1 unspecified atom stereocenters. The molecule has 1 atom stereocenters. The summed E-state index contributed by atoms with van der Waals surface area (Å²) in [4.78, 5) is 16.0. The maximum Gasteiger partial charge on any atom is 0.265 e. The summed E-state index contributed by atoms with van der Waals surface area (Å²) in [5.41, 5.74) is 6.37. The van der Waals surface area contributed by atoms with Gasteiger partial charge in [-0.2, -0.15) is 0 Å². The van der Waals surface area contributed by atoms with Crippen LogP contribution in [0.1, 0.15) is 16.1 Å². The molecule has 2 heterocycles. The topological polar surface area (TPSA) is 69.8 Å². The van der Waals surface area contributed by atoms with Crippen LogP contribution < -0.4 is 10.6 Å². The van der Waals surface area contributed by atoms with Crippen LogP contribution in [0.25, 0.3) is 0 Å². The number of hydrogen-bond donors (Lipinski definition) is 2. The van der Waals surface area contributed by atoms with Crippen molar-refractivity contribution in [1.82, 2.24) is 4.90 Å². The van der Waals surface area contributed by atoms with Crippen LogP contribution >= 0.6 is 11.3 Å². The molecule has 2 rings (SSSR count). The highest BCUT2D eigenvalue weighted by atomic mass is 32.1. The third kappa shape index (κ3) is 2.37. The van der Waals surface area contributed by atoms with E-state index in [1.165, 1.54) is 16.2 Å². The van der Waals surface area contributed by atoms with Gasteiger partial charge in [-0.05, 0) is 12.5 Å². The quantitative estimate of drug-likeness (QED) is 0.812. The molecular formula is C11H17N3O2S. The number of thiophene rings is 1. The molecular weight excluding hydrogens is 238 g/mol. The van der Waals surface area contributed by atoms with Gasteiger partial charge in [0.15, 0.2) is 0 Å². The maximum absolute atomic E-state index is 11.8. The van der Waals surface area contributed by atoms with Gasteiger partial charge in [0.2, 0.25) is 0 Å². The molecule has 1 aliphatic heterocycles. The van der Waals surface area contributed by atoms with Gasteiger partial charge in [0.25, 0.3) is 5.91 Å². The smallest absolute Gasteiger partial charge is 0.265 e. The summed E-state index contributed by atoms with van der Waals surface area (Å²) >= 11 is 1.39. The molecule has 1 fully saturated rings. The predicted molar refractivity (Wildman–Crippen MR) is 69.6 cm³/mol. The number of aliphatic hydroxyl groups excluding tert-OH is 1. The third-order valence-electron chi connectivity index (χ3n) is 2.82. The van der Waals surface area contributed by atoms with Crippen molar-refractivity contribution in [3.8, 4) is 0 Å². The van der Waals surface area contributed by atoms with Crippen molar-refractivity contribution in [1.29, 1.82) is 0 Å². The van der Waals surface area contributed by atoms with Gasteiger partial charge in [-0.15, -0.1) is 11.3 Å². The molecule has 0 bridgehead atoms. The Balaban J connectivity index is 2.21. The van der Waals surface area contributed by atoms with E-state index < -0.39 is 0 Å². The molecule has 3 N–H and O–H groups in total. The summed E-state index contributed by atoms with van der Waals surface area (Å²) in [6.07, 6.45) is 0.501. The lowest BCUT2D eigenvalue weighted by Gasteiger charge is -2.14. The first kappa shape index (κ1) is 12.2. The normalized spacial score (nSPS) is 19.7. The van der Waals surface area contributed by atoms with E-state index in [2.05, 4.69) is 4.90 Å². The Morgan fingerprint density at radius 1 is 1.65 bits per heavy atom. The Bertz CT molecular complexity index is 430. The van der Waals surface area contributed by atoms with Crippen LogP contribution in [0.5, 0.6) is 0 Å². The molecule has 1 aromatic rings. The van der Waals surface area contributed by atoms with E-state index in [9.17, 15) is 9.90 Å². The van der Waals surface area contributed by atoms with Crippen LogP contribution in [0, 0.1) is 0 Å². The van der Waals surface area contributed by atoms with Crippen LogP contribution in [0.3, 0.4) is 0 Å². The van der Waals surface area contributed by atoms with E-state index in [4.69, 9.17) is 5.73 Å².